The summed E-state index contributed by atoms with van der Waals surface area (Å²) in [4.78, 5) is 19.6. The normalized spacial score (nSPS) is 17.0. The molecular weight excluding hydrogens is 599 g/mol. The molecule has 0 radical (unpaired) electrons. The van der Waals surface area contributed by atoms with Gasteiger partial charge in [-0.25, -0.2) is 4.99 Å². The Hall–Kier alpha value is -0.930. The molecule has 2 aromatic rings. The predicted molar refractivity (Wildman–Crippen MR) is 145 cm³/mol. The molecule has 1 amide bonds. The van der Waals surface area contributed by atoms with Crippen molar-refractivity contribution in [3.63, 3.8) is 0 Å². The second kappa shape index (κ2) is 11.0. The van der Waals surface area contributed by atoms with Gasteiger partial charge in [0.15, 0.2) is 0 Å². The number of carbonyl (C=O) groups excluding carboxylic acids is 1. The van der Waals surface area contributed by atoms with E-state index in [2.05, 4.69) is 43.8 Å². The van der Waals surface area contributed by atoms with Crippen LogP contribution in [0.5, 0.6) is 5.75 Å². The number of rotatable bonds is 6. The van der Waals surface area contributed by atoms with Crippen LogP contribution in [0.3, 0.4) is 0 Å². The van der Waals surface area contributed by atoms with Crippen molar-refractivity contribution in [2.45, 2.75) is 83.8 Å². The maximum atomic E-state index is 13.4. The standard InChI is InChI=1S/C25H30BrIN2O2S/c1-15(2)31-23-16(12-17(26)13-20(23)27)14-28-25-22(19-10-6-7-11-21(19)32-25)24(30)29-18-8-4-3-5-9-18/h12-15,18H,3-11H2,1-2H3,(H,29,30). The molecule has 1 aromatic heterocycles. The highest BCUT2D eigenvalue weighted by molar-refractivity contribution is 14.1. The van der Waals surface area contributed by atoms with Gasteiger partial charge in [-0.15, -0.1) is 11.3 Å². The lowest BCUT2D eigenvalue weighted by atomic mass is 9.93. The molecule has 0 bridgehead atoms. The molecule has 1 heterocycles. The molecule has 7 heteroatoms. The molecule has 0 aliphatic heterocycles. The number of hydrogen-bond donors (Lipinski definition) is 1. The third kappa shape index (κ3) is 5.76. The van der Waals surface area contributed by atoms with Gasteiger partial charge >= 0.3 is 0 Å². The van der Waals surface area contributed by atoms with E-state index in [1.807, 2.05) is 32.2 Å². The smallest absolute Gasteiger partial charge is 0.254 e. The van der Waals surface area contributed by atoms with Crippen LogP contribution in [0, 0.1) is 3.57 Å². The molecule has 172 valence electrons. The van der Waals surface area contributed by atoms with Crippen LogP contribution in [0.1, 0.15) is 85.2 Å². The van der Waals surface area contributed by atoms with Crippen molar-refractivity contribution in [2.75, 3.05) is 0 Å². The first-order chi connectivity index (χ1) is 15.4. The summed E-state index contributed by atoms with van der Waals surface area (Å²) in [6.07, 6.45) is 12.2. The zero-order chi connectivity index (χ0) is 22.7. The predicted octanol–water partition coefficient (Wildman–Crippen LogP) is 7.59. The molecule has 2 aliphatic rings. The monoisotopic (exact) mass is 628 g/mol. The first-order valence-corrected chi connectivity index (χ1v) is 14.3. The lowest BCUT2D eigenvalue weighted by Crippen LogP contribution is -2.36. The zero-order valence-corrected chi connectivity index (χ0v) is 23.2. The fraction of sp³-hybridized carbons (Fsp3) is 0.520. The van der Waals surface area contributed by atoms with E-state index in [9.17, 15) is 4.79 Å². The second-order valence-electron chi connectivity index (χ2n) is 8.93. The van der Waals surface area contributed by atoms with Gasteiger partial charge < -0.3 is 10.1 Å². The van der Waals surface area contributed by atoms with Crippen molar-refractivity contribution >= 4 is 67.0 Å². The van der Waals surface area contributed by atoms with Gasteiger partial charge in [0.2, 0.25) is 0 Å². The third-order valence-corrected chi connectivity index (χ3v) is 8.49. The Labute approximate surface area is 216 Å². The van der Waals surface area contributed by atoms with Gasteiger partial charge in [0.05, 0.1) is 15.2 Å². The molecule has 4 rings (SSSR count). The summed E-state index contributed by atoms with van der Waals surface area (Å²) in [7, 11) is 0. The van der Waals surface area contributed by atoms with Crippen LogP contribution in [-0.4, -0.2) is 24.3 Å². The molecule has 1 N–H and O–H groups in total. The number of thiophene rings is 1. The van der Waals surface area contributed by atoms with Crippen molar-refractivity contribution in [2.24, 2.45) is 4.99 Å². The molecule has 0 unspecified atom stereocenters. The molecule has 1 saturated carbocycles. The number of amides is 1. The highest BCUT2D eigenvalue weighted by Crippen LogP contribution is 2.40. The number of aryl methyl sites for hydroxylation is 1. The average molecular weight is 629 g/mol. The maximum Gasteiger partial charge on any atom is 0.254 e. The number of nitrogens with zero attached hydrogens (tertiary/aromatic N) is 1. The molecule has 1 fully saturated rings. The van der Waals surface area contributed by atoms with Crippen LogP contribution in [0.25, 0.3) is 0 Å². The van der Waals surface area contributed by atoms with E-state index in [-0.39, 0.29) is 12.0 Å². The Morgan fingerprint density at radius 2 is 1.97 bits per heavy atom. The largest absolute Gasteiger partial charge is 0.489 e. The van der Waals surface area contributed by atoms with Crippen LogP contribution in [0.15, 0.2) is 21.6 Å². The van der Waals surface area contributed by atoms with Gasteiger partial charge in [-0.3, -0.25) is 4.79 Å². The number of carbonyl (C=O) groups is 1. The van der Waals surface area contributed by atoms with Gasteiger partial charge in [0, 0.05) is 27.2 Å². The summed E-state index contributed by atoms with van der Waals surface area (Å²) in [6.45, 7) is 4.06. The van der Waals surface area contributed by atoms with Crippen LogP contribution in [0.4, 0.5) is 5.00 Å². The van der Waals surface area contributed by atoms with Gasteiger partial charge in [-0.1, -0.05) is 35.2 Å². The minimum absolute atomic E-state index is 0.0610. The number of nitrogens with one attached hydrogen (secondary N) is 1. The zero-order valence-electron chi connectivity index (χ0n) is 18.7. The number of ether oxygens (including phenoxy) is 1. The number of benzene rings is 1. The van der Waals surface area contributed by atoms with Crippen LogP contribution in [-0.2, 0) is 12.8 Å². The molecule has 4 nitrogen and oxygen atoms in total. The van der Waals surface area contributed by atoms with E-state index in [1.165, 1.54) is 36.1 Å². The number of fused-ring (bicyclic) bond motifs is 1. The van der Waals surface area contributed by atoms with E-state index < -0.39 is 0 Å². The summed E-state index contributed by atoms with van der Waals surface area (Å²) < 4.78 is 8.10. The fourth-order valence-electron chi connectivity index (χ4n) is 4.55. The molecule has 1 aromatic carbocycles. The minimum Gasteiger partial charge on any atom is -0.489 e. The van der Waals surface area contributed by atoms with Gasteiger partial charge in [-0.2, -0.15) is 0 Å². The van der Waals surface area contributed by atoms with Crippen molar-refractivity contribution in [3.8, 4) is 5.75 Å². The number of hydrogen-bond acceptors (Lipinski definition) is 4. The van der Waals surface area contributed by atoms with Crippen LogP contribution >= 0.6 is 49.9 Å². The molecule has 0 saturated heterocycles. The molecular formula is C25H30BrIN2O2S. The fourth-order valence-corrected chi connectivity index (χ4v) is 7.45. The van der Waals surface area contributed by atoms with Crippen LogP contribution in [0.2, 0.25) is 0 Å². The Kier molecular flexibility index (Phi) is 8.32. The average Bonchev–Trinajstić information content (AvgIpc) is 3.13. The summed E-state index contributed by atoms with van der Waals surface area (Å²) in [6, 6.07) is 4.37. The summed E-state index contributed by atoms with van der Waals surface area (Å²) >= 11 is 7.58. The molecule has 32 heavy (non-hydrogen) atoms. The topological polar surface area (TPSA) is 50.7 Å². The summed E-state index contributed by atoms with van der Waals surface area (Å²) in [5, 5.41) is 4.16. The van der Waals surface area contributed by atoms with Gasteiger partial charge in [-0.05, 0) is 92.7 Å². The second-order valence-corrected chi connectivity index (χ2v) is 12.1. The Balaban J connectivity index is 1.67. The first kappa shape index (κ1) is 24.2. The highest BCUT2D eigenvalue weighted by atomic mass is 127. The number of halogens is 2. The van der Waals surface area contributed by atoms with E-state index >= 15 is 0 Å². The summed E-state index contributed by atoms with van der Waals surface area (Å²) in [5.41, 5.74) is 2.95. The van der Waals surface area contributed by atoms with Crippen molar-refractivity contribution in [3.05, 3.63) is 41.7 Å². The van der Waals surface area contributed by atoms with E-state index in [0.717, 1.165) is 62.0 Å². The maximum absolute atomic E-state index is 13.4. The molecule has 2 aliphatic carbocycles. The van der Waals surface area contributed by atoms with Crippen molar-refractivity contribution < 1.29 is 9.53 Å². The van der Waals surface area contributed by atoms with Crippen molar-refractivity contribution in [1.29, 1.82) is 0 Å². The van der Waals surface area contributed by atoms with Crippen LogP contribution < -0.4 is 10.1 Å². The number of aliphatic imine (C=N–C) groups is 1. The Morgan fingerprint density at radius 1 is 1.22 bits per heavy atom. The Morgan fingerprint density at radius 3 is 2.72 bits per heavy atom. The summed E-state index contributed by atoms with van der Waals surface area (Å²) in [5.74, 6) is 0.896. The third-order valence-electron chi connectivity index (χ3n) is 6.03. The van der Waals surface area contributed by atoms with E-state index in [4.69, 9.17) is 9.73 Å². The highest BCUT2D eigenvalue weighted by Gasteiger charge is 2.27. The van der Waals surface area contributed by atoms with E-state index in [0.29, 0.717) is 6.04 Å². The van der Waals surface area contributed by atoms with E-state index in [1.54, 1.807) is 11.3 Å². The van der Waals surface area contributed by atoms with Gasteiger partial charge in [0.1, 0.15) is 10.8 Å². The molecule has 0 spiro atoms. The lowest BCUT2D eigenvalue weighted by Gasteiger charge is -2.23. The first-order valence-electron chi connectivity index (χ1n) is 11.6. The molecule has 0 atom stereocenters. The quantitative estimate of drug-likeness (QED) is 0.265. The minimum atomic E-state index is 0.0610. The lowest BCUT2D eigenvalue weighted by molar-refractivity contribution is 0.0927. The van der Waals surface area contributed by atoms with Gasteiger partial charge in [0.25, 0.3) is 5.91 Å². The Bertz CT molecular complexity index is 1010. The van der Waals surface area contributed by atoms with Crippen molar-refractivity contribution in [1.82, 2.24) is 5.32 Å². The SMILES string of the molecule is CC(C)Oc1c(I)cc(Br)cc1C=Nc1sc2c(c1C(=O)NC1CCCCC1)CCCC2.